The van der Waals surface area contributed by atoms with Crippen LogP contribution in [-0.4, -0.2) is 29.9 Å². The molecule has 2 aliphatic rings. The highest BCUT2D eigenvalue weighted by Gasteiger charge is 2.43. The van der Waals surface area contributed by atoms with Crippen molar-refractivity contribution in [3.05, 3.63) is 71.3 Å². The number of fused-ring (bicyclic) bond motifs is 1. The third-order valence-electron chi connectivity index (χ3n) is 7.59. The van der Waals surface area contributed by atoms with Gasteiger partial charge in [-0.05, 0) is 52.7 Å². The Kier molecular flexibility index (Phi) is 6.76. The average Bonchev–Trinajstić information content (AvgIpc) is 3.29. The van der Waals surface area contributed by atoms with Gasteiger partial charge in [-0.2, -0.15) is 0 Å². The lowest BCUT2D eigenvalue weighted by Crippen LogP contribution is -2.43. The van der Waals surface area contributed by atoms with Crippen LogP contribution in [0.5, 0.6) is 0 Å². The van der Waals surface area contributed by atoms with Crippen LogP contribution >= 0.6 is 0 Å². The van der Waals surface area contributed by atoms with Crippen molar-refractivity contribution in [1.82, 2.24) is 10.2 Å². The first-order valence-electron chi connectivity index (χ1n) is 12.4. The third-order valence-corrected chi connectivity index (χ3v) is 7.59. The van der Waals surface area contributed by atoms with E-state index in [9.17, 15) is 4.79 Å². The molecule has 4 unspecified atom stereocenters. The molecule has 172 valence electrons. The summed E-state index contributed by atoms with van der Waals surface area (Å²) in [5.41, 5.74) is 4.10. The molecule has 2 fully saturated rings. The maximum absolute atomic E-state index is 13.3. The lowest BCUT2D eigenvalue weighted by Gasteiger charge is -2.26. The van der Waals surface area contributed by atoms with Gasteiger partial charge in [0.25, 0.3) is 0 Å². The van der Waals surface area contributed by atoms with Crippen molar-refractivity contribution in [2.24, 2.45) is 17.8 Å². The number of nitrogens with zero attached hydrogens (tertiary/aromatic N) is 1. The quantitative estimate of drug-likeness (QED) is 0.630. The van der Waals surface area contributed by atoms with E-state index in [4.69, 9.17) is 0 Å². The smallest absolute Gasteiger partial charge is 0.228 e. The summed E-state index contributed by atoms with van der Waals surface area (Å²) in [5, 5.41) is 3.47. The molecule has 2 aromatic rings. The maximum atomic E-state index is 13.3. The number of hydrogen-bond acceptors (Lipinski definition) is 2. The van der Waals surface area contributed by atoms with E-state index in [2.05, 4.69) is 81.2 Å². The standard InChI is InChI=1S/C29H40N2O/c1-20(2)27(22-9-7-6-8-10-22)28(32)30-26-16-13-23-18-31(19-25(23)26)17-21-11-14-24(15-12-21)29(3,4)5/h6-12,14-15,20,23,25-27H,13,16-19H2,1-5H3,(H,30,32). The molecule has 32 heavy (non-hydrogen) atoms. The zero-order valence-electron chi connectivity index (χ0n) is 20.5. The SMILES string of the molecule is CC(C)C(C(=O)NC1CCC2CN(Cc3ccc(C(C)(C)C)cc3)CC21)c1ccccc1. The number of amides is 1. The molecule has 1 amide bonds. The van der Waals surface area contributed by atoms with Crippen molar-refractivity contribution in [2.75, 3.05) is 13.1 Å². The van der Waals surface area contributed by atoms with Crippen molar-refractivity contribution in [2.45, 2.75) is 71.4 Å². The summed E-state index contributed by atoms with van der Waals surface area (Å²) < 4.78 is 0. The topological polar surface area (TPSA) is 32.3 Å². The molecule has 3 heteroatoms. The van der Waals surface area contributed by atoms with Crippen LogP contribution in [0, 0.1) is 17.8 Å². The normalized spacial score (nSPS) is 24.5. The molecule has 2 aromatic carbocycles. The van der Waals surface area contributed by atoms with Crippen LogP contribution in [0.15, 0.2) is 54.6 Å². The first kappa shape index (κ1) is 23.0. The highest BCUT2D eigenvalue weighted by Crippen LogP contribution is 2.39. The fourth-order valence-corrected chi connectivity index (χ4v) is 5.81. The fourth-order valence-electron chi connectivity index (χ4n) is 5.81. The van der Waals surface area contributed by atoms with Crippen LogP contribution in [0.1, 0.15) is 70.1 Å². The molecule has 0 aromatic heterocycles. The number of hydrogen-bond donors (Lipinski definition) is 1. The van der Waals surface area contributed by atoms with Crippen LogP contribution in [-0.2, 0) is 16.8 Å². The Bertz CT molecular complexity index is 897. The van der Waals surface area contributed by atoms with Crippen LogP contribution in [0.25, 0.3) is 0 Å². The van der Waals surface area contributed by atoms with Gasteiger partial charge in [-0.1, -0.05) is 89.2 Å². The summed E-state index contributed by atoms with van der Waals surface area (Å²) in [7, 11) is 0. The van der Waals surface area contributed by atoms with Crippen molar-refractivity contribution < 1.29 is 4.79 Å². The van der Waals surface area contributed by atoms with Gasteiger partial charge in [-0.15, -0.1) is 0 Å². The number of nitrogens with one attached hydrogen (secondary N) is 1. The largest absolute Gasteiger partial charge is 0.352 e. The van der Waals surface area contributed by atoms with E-state index in [1.165, 1.54) is 17.5 Å². The van der Waals surface area contributed by atoms with E-state index in [-0.39, 0.29) is 23.2 Å². The summed E-state index contributed by atoms with van der Waals surface area (Å²) in [5.74, 6) is 1.70. The molecule has 4 rings (SSSR count). The predicted molar refractivity (Wildman–Crippen MR) is 133 cm³/mol. The van der Waals surface area contributed by atoms with Gasteiger partial charge < -0.3 is 5.32 Å². The molecular formula is C29H40N2O. The molecule has 1 heterocycles. The minimum absolute atomic E-state index is 0.0749. The molecule has 0 bridgehead atoms. The van der Waals surface area contributed by atoms with E-state index in [1.54, 1.807) is 0 Å². The lowest BCUT2D eigenvalue weighted by molar-refractivity contribution is -0.124. The van der Waals surface area contributed by atoms with Gasteiger partial charge in [0.2, 0.25) is 5.91 Å². The molecule has 1 aliphatic carbocycles. The zero-order valence-corrected chi connectivity index (χ0v) is 20.5. The second-order valence-electron chi connectivity index (χ2n) is 11.4. The lowest BCUT2D eigenvalue weighted by atomic mass is 9.87. The molecule has 1 N–H and O–H groups in total. The van der Waals surface area contributed by atoms with Crippen LogP contribution in [0.3, 0.4) is 0 Å². The number of carbonyl (C=O) groups excluding carboxylic acids is 1. The Balaban J connectivity index is 1.37. The molecule has 3 nitrogen and oxygen atoms in total. The molecule has 1 aliphatic heterocycles. The van der Waals surface area contributed by atoms with E-state index < -0.39 is 0 Å². The summed E-state index contributed by atoms with van der Waals surface area (Å²) in [4.78, 5) is 15.9. The van der Waals surface area contributed by atoms with Crippen LogP contribution in [0.2, 0.25) is 0 Å². The van der Waals surface area contributed by atoms with Gasteiger partial charge in [-0.3, -0.25) is 9.69 Å². The first-order chi connectivity index (χ1) is 15.2. The Morgan fingerprint density at radius 1 is 1.00 bits per heavy atom. The van der Waals surface area contributed by atoms with E-state index in [0.717, 1.165) is 31.6 Å². The van der Waals surface area contributed by atoms with E-state index >= 15 is 0 Å². The highest BCUT2D eigenvalue weighted by molar-refractivity contribution is 5.84. The second kappa shape index (κ2) is 9.39. The van der Waals surface area contributed by atoms with Gasteiger partial charge >= 0.3 is 0 Å². The van der Waals surface area contributed by atoms with Crippen molar-refractivity contribution in [3.8, 4) is 0 Å². The van der Waals surface area contributed by atoms with Crippen molar-refractivity contribution >= 4 is 5.91 Å². The summed E-state index contributed by atoms with van der Waals surface area (Å²) in [6.07, 6.45) is 2.35. The van der Waals surface area contributed by atoms with Gasteiger partial charge in [0.05, 0.1) is 5.92 Å². The number of benzene rings is 2. The first-order valence-corrected chi connectivity index (χ1v) is 12.4. The number of rotatable bonds is 6. The monoisotopic (exact) mass is 432 g/mol. The minimum Gasteiger partial charge on any atom is -0.352 e. The Hall–Kier alpha value is -2.13. The molecule has 0 radical (unpaired) electrons. The van der Waals surface area contributed by atoms with E-state index in [0.29, 0.717) is 17.9 Å². The molecular weight excluding hydrogens is 392 g/mol. The van der Waals surface area contributed by atoms with Gasteiger partial charge in [-0.25, -0.2) is 0 Å². The van der Waals surface area contributed by atoms with Gasteiger partial charge in [0, 0.05) is 25.7 Å². The average molecular weight is 433 g/mol. The zero-order chi connectivity index (χ0) is 22.9. The Morgan fingerprint density at radius 2 is 1.69 bits per heavy atom. The summed E-state index contributed by atoms with van der Waals surface area (Å²) in [6, 6.07) is 19.7. The molecule has 1 saturated carbocycles. The summed E-state index contributed by atoms with van der Waals surface area (Å²) >= 11 is 0. The van der Waals surface area contributed by atoms with Gasteiger partial charge in [0.1, 0.15) is 0 Å². The van der Waals surface area contributed by atoms with Crippen molar-refractivity contribution in [1.29, 1.82) is 0 Å². The highest BCUT2D eigenvalue weighted by atomic mass is 16.2. The van der Waals surface area contributed by atoms with Crippen molar-refractivity contribution in [3.63, 3.8) is 0 Å². The molecule has 1 saturated heterocycles. The molecule has 0 spiro atoms. The Morgan fingerprint density at radius 3 is 2.31 bits per heavy atom. The fraction of sp³-hybridized carbons (Fsp3) is 0.552. The van der Waals surface area contributed by atoms with Gasteiger partial charge in [0.15, 0.2) is 0 Å². The predicted octanol–water partition coefficient (Wildman–Crippen LogP) is 5.75. The minimum atomic E-state index is -0.0749. The second-order valence-corrected chi connectivity index (χ2v) is 11.4. The molecule has 4 atom stereocenters. The van der Waals surface area contributed by atoms with Crippen LogP contribution < -0.4 is 5.32 Å². The number of likely N-dealkylation sites (tertiary alicyclic amines) is 1. The number of carbonyl (C=O) groups is 1. The van der Waals surface area contributed by atoms with Crippen LogP contribution in [0.4, 0.5) is 0 Å². The Labute approximate surface area is 194 Å². The third kappa shape index (κ3) is 5.09. The maximum Gasteiger partial charge on any atom is 0.228 e. The van der Waals surface area contributed by atoms with E-state index in [1.807, 2.05) is 18.2 Å². The summed E-state index contributed by atoms with van der Waals surface area (Å²) in [6.45, 7) is 14.3.